The number of hydrogen-bond acceptors (Lipinski definition) is 8. The Morgan fingerprint density at radius 1 is 0.688 bits per heavy atom. The lowest BCUT2D eigenvalue weighted by molar-refractivity contribution is -0.315. The van der Waals surface area contributed by atoms with Crippen molar-refractivity contribution in [2.24, 2.45) is 0 Å². The van der Waals surface area contributed by atoms with Crippen molar-refractivity contribution in [3.8, 4) is 0 Å². The summed E-state index contributed by atoms with van der Waals surface area (Å²) in [7, 11) is 0. The van der Waals surface area contributed by atoms with Crippen LogP contribution in [0.3, 0.4) is 0 Å². The van der Waals surface area contributed by atoms with E-state index in [4.69, 9.17) is 0 Å². The molecule has 90 valence electrons. The second-order valence-corrected chi connectivity index (χ2v) is 2.22. The summed E-state index contributed by atoms with van der Waals surface area (Å²) in [5.41, 5.74) is 0. The zero-order valence-corrected chi connectivity index (χ0v) is 7.83. The smallest absolute Gasteiger partial charge is 0.0643 e. The van der Waals surface area contributed by atoms with E-state index in [0.717, 1.165) is 0 Å². The third-order valence-corrected chi connectivity index (χ3v) is 0.889. The van der Waals surface area contributed by atoms with Gasteiger partial charge in [0.2, 0.25) is 0 Å². The van der Waals surface area contributed by atoms with Gasteiger partial charge in [0.15, 0.2) is 0 Å². The summed E-state index contributed by atoms with van der Waals surface area (Å²) in [5.74, 6) is -5.83. The minimum atomic E-state index is -1.55. The summed E-state index contributed by atoms with van der Waals surface area (Å²) in [4.78, 5) is 37.8. The van der Waals surface area contributed by atoms with Crippen molar-refractivity contribution in [2.45, 2.75) is 12.8 Å². The average molecular weight is 230 g/mol. The molecule has 0 saturated carbocycles. The molecular formula is C8H6O8-4. The van der Waals surface area contributed by atoms with Gasteiger partial charge in [0, 0.05) is 11.9 Å². The predicted molar refractivity (Wildman–Crippen MR) is 38.4 cm³/mol. The molecule has 16 heavy (non-hydrogen) atoms. The summed E-state index contributed by atoms with van der Waals surface area (Å²) in [6.45, 7) is 0. The highest BCUT2D eigenvalue weighted by atomic mass is 16.4. The first kappa shape index (κ1) is 16.1. The lowest BCUT2D eigenvalue weighted by Gasteiger charge is -2.00. The summed E-state index contributed by atoms with van der Waals surface area (Å²) in [5, 5.41) is 37.8. The molecule has 0 heterocycles. The molecule has 0 saturated heterocycles. The Kier molecular flexibility index (Phi) is 9.22. The lowest BCUT2D eigenvalue weighted by atomic mass is 10.3. The highest BCUT2D eigenvalue weighted by Crippen LogP contribution is 1.81. The Bertz CT molecular complexity index is 273. The molecule has 0 bridgehead atoms. The maximum absolute atomic E-state index is 9.50. The highest BCUT2D eigenvalue weighted by molar-refractivity contribution is 5.87. The molecule has 0 radical (unpaired) electrons. The molecule has 0 fully saturated rings. The Balaban J connectivity index is 0. The number of hydrogen-bond donors (Lipinski definition) is 0. The van der Waals surface area contributed by atoms with Gasteiger partial charge in [-0.1, -0.05) is 0 Å². The molecule has 0 aliphatic heterocycles. The quantitative estimate of drug-likeness (QED) is 0.422. The van der Waals surface area contributed by atoms with E-state index >= 15 is 0 Å². The average Bonchev–Trinajstić information content (AvgIpc) is 2.12. The largest absolute Gasteiger partial charge is 0.550 e. The summed E-state index contributed by atoms with van der Waals surface area (Å²) in [6, 6.07) is 0. The van der Waals surface area contributed by atoms with Gasteiger partial charge in [-0.3, -0.25) is 0 Å². The van der Waals surface area contributed by atoms with Crippen LogP contribution in [0.4, 0.5) is 0 Å². The van der Waals surface area contributed by atoms with E-state index in [-0.39, 0.29) is 0 Å². The maximum atomic E-state index is 9.50. The summed E-state index contributed by atoms with van der Waals surface area (Å²) in [6.07, 6.45) is -0.171. The highest BCUT2D eigenvalue weighted by Gasteiger charge is 1.85. The number of aliphatic carboxylic acids is 4. The minimum Gasteiger partial charge on any atom is -0.550 e. The molecule has 0 atom stereocenters. The number of carboxylic acid groups (broad SMARTS) is 4. The first-order valence-electron chi connectivity index (χ1n) is 3.75. The van der Waals surface area contributed by atoms with Crippen LogP contribution in [0, 0.1) is 0 Å². The fourth-order valence-electron chi connectivity index (χ4n) is 0.340. The summed E-state index contributed by atoms with van der Waals surface area (Å²) < 4.78 is 0. The van der Waals surface area contributed by atoms with E-state index < -0.39 is 36.7 Å². The second kappa shape index (κ2) is 9.19. The van der Waals surface area contributed by atoms with Gasteiger partial charge in [0.05, 0.1) is 11.9 Å². The van der Waals surface area contributed by atoms with Crippen LogP contribution >= 0.6 is 0 Å². The summed E-state index contributed by atoms with van der Waals surface area (Å²) >= 11 is 0. The maximum Gasteiger partial charge on any atom is 0.0643 e. The topological polar surface area (TPSA) is 161 Å². The van der Waals surface area contributed by atoms with Crippen molar-refractivity contribution in [2.75, 3.05) is 0 Å². The van der Waals surface area contributed by atoms with Crippen LogP contribution < -0.4 is 20.4 Å². The van der Waals surface area contributed by atoms with Crippen LogP contribution in [0.5, 0.6) is 0 Å². The molecule has 0 aliphatic rings. The van der Waals surface area contributed by atoms with Crippen LogP contribution in [0.25, 0.3) is 0 Å². The lowest BCUT2D eigenvalue weighted by Crippen LogP contribution is -2.27. The van der Waals surface area contributed by atoms with Crippen LogP contribution in [0.15, 0.2) is 12.2 Å². The molecule has 0 aromatic carbocycles. The first-order chi connectivity index (χ1) is 7.25. The van der Waals surface area contributed by atoms with Crippen molar-refractivity contribution in [1.82, 2.24) is 0 Å². The molecule has 8 nitrogen and oxygen atoms in total. The van der Waals surface area contributed by atoms with Gasteiger partial charge in [0.25, 0.3) is 0 Å². The van der Waals surface area contributed by atoms with Crippen molar-refractivity contribution in [3.05, 3.63) is 12.2 Å². The molecular weight excluding hydrogens is 224 g/mol. The number of carboxylic acids is 4. The first-order valence-corrected chi connectivity index (χ1v) is 3.75. The van der Waals surface area contributed by atoms with E-state index in [1.807, 2.05) is 0 Å². The molecule has 0 aromatic heterocycles. The van der Waals surface area contributed by atoms with E-state index in [9.17, 15) is 39.6 Å². The Morgan fingerprint density at radius 2 is 0.938 bits per heavy atom. The Hall–Kier alpha value is -2.38. The van der Waals surface area contributed by atoms with Gasteiger partial charge >= 0.3 is 0 Å². The van der Waals surface area contributed by atoms with E-state index in [2.05, 4.69) is 0 Å². The van der Waals surface area contributed by atoms with E-state index in [0.29, 0.717) is 12.2 Å². The Morgan fingerprint density at radius 3 is 1.06 bits per heavy atom. The predicted octanol–water partition coefficient (Wildman–Crippen LogP) is -5.69. The van der Waals surface area contributed by atoms with Gasteiger partial charge in [0.1, 0.15) is 0 Å². The third kappa shape index (κ3) is 22.6. The number of rotatable bonds is 5. The van der Waals surface area contributed by atoms with Crippen LogP contribution in [-0.2, 0) is 19.2 Å². The molecule has 0 aliphatic carbocycles. The van der Waals surface area contributed by atoms with Crippen molar-refractivity contribution in [1.29, 1.82) is 0 Å². The van der Waals surface area contributed by atoms with Gasteiger partial charge in [-0.05, 0) is 25.0 Å². The Labute approximate surface area is 89.4 Å². The standard InChI is InChI=1S/C4H6O4.C4H4O4/c2*5-3(6)1-2-4(7)8/h1-2H2,(H,5,6)(H,7,8);1-2H,(H,5,6)(H,7,8)/p-4/b;2-1+. The SMILES string of the molecule is O=C([O-])/C=C/C(=O)[O-].O=C([O-])CCC(=O)[O-]. The molecule has 0 spiro atoms. The number of carbonyl (C=O) groups is 4. The fourth-order valence-corrected chi connectivity index (χ4v) is 0.340. The molecule has 0 amide bonds. The van der Waals surface area contributed by atoms with Gasteiger partial charge in [-0.2, -0.15) is 0 Å². The van der Waals surface area contributed by atoms with Crippen molar-refractivity contribution in [3.63, 3.8) is 0 Å². The molecule has 8 heteroatoms. The van der Waals surface area contributed by atoms with Crippen molar-refractivity contribution < 1.29 is 39.6 Å². The molecule has 0 N–H and O–H groups in total. The minimum absolute atomic E-state index is 0.384. The van der Waals surface area contributed by atoms with Crippen molar-refractivity contribution >= 4 is 23.9 Å². The monoisotopic (exact) mass is 230 g/mol. The van der Waals surface area contributed by atoms with Gasteiger partial charge in [-0.25, -0.2) is 0 Å². The molecule has 0 rings (SSSR count). The van der Waals surface area contributed by atoms with E-state index in [1.54, 1.807) is 0 Å². The second-order valence-electron chi connectivity index (χ2n) is 2.22. The molecule has 0 aromatic rings. The zero-order chi connectivity index (χ0) is 13.1. The third-order valence-electron chi connectivity index (χ3n) is 0.889. The molecule has 0 unspecified atom stereocenters. The fraction of sp³-hybridized carbons (Fsp3) is 0.250. The normalized spacial score (nSPS) is 9.00. The van der Waals surface area contributed by atoms with Crippen LogP contribution in [0.2, 0.25) is 0 Å². The van der Waals surface area contributed by atoms with Gasteiger partial charge in [-0.15, -0.1) is 0 Å². The van der Waals surface area contributed by atoms with Gasteiger partial charge < -0.3 is 39.6 Å². The van der Waals surface area contributed by atoms with Crippen LogP contribution in [0.1, 0.15) is 12.8 Å². The number of carbonyl (C=O) groups excluding carboxylic acids is 4. The van der Waals surface area contributed by atoms with E-state index in [1.165, 1.54) is 0 Å². The zero-order valence-electron chi connectivity index (χ0n) is 7.83. The van der Waals surface area contributed by atoms with Crippen LogP contribution in [-0.4, -0.2) is 23.9 Å².